The zero-order valence-corrected chi connectivity index (χ0v) is 12.0. The molecule has 3 rings (SSSR count). The van der Waals surface area contributed by atoms with Crippen LogP contribution in [0, 0.1) is 5.92 Å². The molecular weight excluding hydrogens is 252 g/mol. The lowest BCUT2D eigenvalue weighted by molar-refractivity contribution is -0.117. The molecule has 1 aliphatic carbocycles. The Hall–Kier alpha value is -1.65. The van der Waals surface area contributed by atoms with Crippen LogP contribution in [0.1, 0.15) is 45.4 Å². The lowest BCUT2D eigenvalue weighted by atomic mass is 10.0. The van der Waals surface area contributed by atoms with E-state index in [1.54, 1.807) is 0 Å². The summed E-state index contributed by atoms with van der Waals surface area (Å²) in [7, 11) is 0. The molecular formula is C15H22N4O. The van der Waals surface area contributed by atoms with Crippen LogP contribution in [0.15, 0.2) is 12.1 Å². The molecule has 1 amide bonds. The van der Waals surface area contributed by atoms with Crippen molar-refractivity contribution in [2.45, 2.75) is 51.5 Å². The number of carbonyl (C=O) groups is 1. The summed E-state index contributed by atoms with van der Waals surface area (Å²) in [5.41, 5.74) is 0. The van der Waals surface area contributed by atoms with Crippen LogP contribution in [0.25, 0.3) is 0 Å². The minimum atomic E-state index is 0.0801. The van der Waals surface area contributed by atoms with Gasteiger partial charge in [0.2, 0.25) is 5.91 Å². The Labute approximate surface area is 119 Å². The molecule has 0 aromatic carbocycles. The van der Waals surface area contributed by atoms with Gasteiger partial charge in [-0.25, -0.2) is 0 Å². The van der Waals surface area contributed by atoms with Crippen molar-refractivity contribution >= 4 is 17.5 Å². The van der Waals surface area contributed by atoms with Crippen molar-refractivity contribution in [2.24, 2.45) is 5.92 Å². The van der Waals surface area contributed by atoms with Crippen molar-refractivity contribution in [3.8, 4) is 0 Å². The quantitative estimate of drug-likeness (QED) is 0.917. The fraction of sp³-hybridized carbons (Fsp3) is 0.667. The van der Waals surface area contributed by atoms with E-state index in [1.165, 1.54) is 19.3 Å². The maximum absolute atomic E-state index is 11.7. The summed E-state index contributed by atoms with van der Waals surface area (Å²) in [5.74, 6) is 1.77. The highest BCUT2D eigenvalue weighted by Gasteiger charge is 2.30. The third kappa shape index (κ3) is 2.92. The average Bonchev–Trinajstić information content (AvgIpc) is 3.33. The third-order valence-electron chi connectivity index (χ3n) is 4.24. The van der Waals surface area contributed by atoms with Crippen LogP contribution in [0.2, 0.25) is 0 Å². The molecule has 5 heteroatoms. The number of rotatable bonds is 4. The van der Waals surface area contributed by atoms with Crippen molar-refractivity contribution in [1.82, 2.24) is 10.2 Å². The van der Waals surface area contributed by atoms with E-state index in [4.69, 9.17) is 0 Å². The van der Waals surface area contributed by atoms with Crippen LogP contribution in [0.5, 0.6) is 0 Å². The number of nitrogens with one attached hydrogen (secondary N) is 1. The summed E-state index contributed by atoms with van der Waals surface area (Å²) in [4.78, 5) is 14.0. The molecule has 2 fully saturated rings. The SMILES string of the molecule is CCC1CCCCN1c1ccc(NC(=O)C2CC2)nn1. The van der Waals surface area contributed by atoms with E-state index in [1.807, 2.05) is 12.1 Å². The Morgan fingerprint density at radius 2 is 2.15 bits per heavy atom. The largest absolute Gasteiger partial charge is 0.352 e. The molecule has 1 N–H and O–H groups in total. The third-order valence-corrected chi connectivity index (χ3v) is 4.24. The zero-order chi connectivity index (χ0) is 13.9. The predicted octanol–water partition coefficient (Wildman–Crippen LogP) is 2.59. The summed E-state index contributed by atoms with van der Waals surface area (Å²) in [6.07, 6.45) is 6.91. The lowest BCUT2D eigenvalue weighted by Gasteiger charge is -2.35. The molecule has 5 nitrogen and oxygen atoms in total. The van der Waals surface area contributed by atoms with Gasteiger partial charge in [-0.05, 0) is 50.7 Å². The molecule has 1 saturated heterocycles. The van der Waals surface area contributed by atoms with E-state index < -0.39 is 0 Å². The van der Waals surface area contributed by atoms with Crippen LogP contribution < -0.4 is 10.2 Å². The minimum absolute atomic E-state index is 0.0801. The van der Waals surface area contributed by atoms with Gasteiger partial charge in [0.1, 0.15) is 0 Å². The van der Waals surface area contributed by atoms with Gasteiger partial charge >= 0.3 is 0 Å². The van der Waals surface area contributed by atoms with E-state index in [0.29, 0.717) is 11.9 Å². The molecule has 1 atom stereocenters. The standard InChI is InChI=1S/C15H22N4O/c1-2-12-5-3-4-10-19(12)14-9-8-13(17-18-14)16-15(20)11-6-7-11/h8-9,11-12H,2-7,10H2,1H3,(H,16,17,20). The highest BCUT2D eigenvalue weighted by molar-refractivity contribution is 5.93. The molecule has 2 heterocycles. The molecule has 1 aromatic rings. The van der Waals surface area contributed by atoms with Crippen LogP contribution in [-0.2, 0) is 4.79 Å². The summed E-state index contributed by atoms with van der Waals surface area (Å²) in [6, 6.07) is 4.41. The van der Waals surface area contributed by atoms with E-state index in [9.17, 15) is 4.79 Å². The Balaban J connectivity index is 1.66. The lowest BCUT2D eigenvalue weighted by Crippen LogP contribution is -2.39. The molecule has 1 saturated carbocycles. The fourth-order valence-electron chi connectivity index (χ4n) is 2.85. The summed E-state index contributed by atoms with van der Waals surface area (Å²) in [5, 5.41) is 11.3. The van der Waals surface area contributed by atoms with Gasteiger partial charge in [-0.2, -0.15) is 0 Å². The first kappa shape index (κ1) is 13.3. The van der Waals surface area contributed by atoms with Gasteiger partial charge < -0.3 is 10.2 Å². The number of hydrogen-bond donors (Lipinski definition) is 1. The average molecular weight is 274 g/mol. The monoisotopic (exact) mass is 274 g/mol. The number of aromatic nitrogens is 2. The zero-order valence-electron chi connectivity index (χ0n) is 12.0. The van der Waals surface area contributed by atoms with Gasteiger partial charge in [0.05, 0.1) is 0 Å². The number of anilines is 2. The topological polar surface area (TPSA) is 58.1 Å². The Bertz CT molecular complexity index is 469. The predicted molar refractivity (Wildman–Crippen MR) is 78.7 cm³/mol. The van der Waals surface area contributed by atoms with Crippen LogP contribution >= 0.6 is 0 Å². The number of amides is 1. The highest BCUT2D eigenvalue weighted by atomic mass is 16.2. The first-order valence-corrected chi connectivity index (χ1v) is 7.69. The van der Waals surface area contributed by atoms with Crippen molar-refractivity contribution in [3.63, 3.8) is 0 Å². The van der Waals surface area contributed by atoms with E-state index in [2.05, 4.69) is 27.3 Å². The maximum Gasteiger partial charge on any atom is 0.228 e. The van der Waals surface area contributed by atoms with Gasteiger partial charge in [-0.1, -0.05) is 6.92 Å². The van der Waals surface area contributed by atoms with Gasteiger partial charge in [0.15, 0.2) is 11.6 Å². The number of carbonyl (C=O) groups excluding carboxylic acids is 1. The molecule has 1 unspecified atom stereocenters. The minimum Gasteiger partial charge on any atom is -0.352 e. The van der Waals surface area contributed by atoms with Crippen LogP contribution in [0.3, 0.4) is 0 Å². The van der Waals surface area contributed by atoms with Crippen LogP contribution in [0.4, 0.5) is 11.6 Å². The number of hydrogen-bond acceptors (Lipinski definition) is 4. The first-order valence-electron chi connectivity index (χ1n) is 7.69. The number of piperidine rings is 1. The van der Waals surface area contributed by atoms with Crippen molar-refractivity contribution < 1.29 is 4.79 Å². The normalized spacial score (nSPS) is 22.6. The Morgan fingerprint density at radius 1 is 1.30 bits per heavy atom. The highest BCUT2D eigenvalue weighted by Crippen LogP contribution is 2.30. The molecule has 0 bridgehead atoms. The summed E-state index contributed by atoms with van der Waals surface area (Å²) in [6.45, 7) is 3.28. The van der Waals surface area contributed by atoms with Crippen molar-refractivity contribution in [3.05, 3.63) is 12.1 Å². The second-order valence-corrected chi connectivity index (χ2v) is 5.79. The smallest absolute Gasteiger partial charge is 0.228 e. The molecule has 2 aliphatic rings. The molecule has 1 aromatic heterocycles. The van der Waals surface area contributed by atoms with E-state index in [-0.39, 0.29) is 11.8 Å². The Morgan fingerprint density at radius 3 is 2.80 bits per heavy atom. The van der Waals surface area contributed by atoms with E-state index in [0.717, 1.165) is 31.6 Å². The number of nitrogens with zero attached hydrogens (tertiary/aromatic N) is 3. The first-order chi connectivity index (χ1) is 9.78. The molecule has 20 heavy (non-hydrogen) atoms. The van der Waals surface area contributed by atoms with Gasteiger partial charge in [0, 0.05) is 18.5 Å². The Kier molecular flexibility index (Phi) is 3.85. The molecule has 1 aliphatic heterocycles. The van der Waals surface area contributed by atoms with Crippen molar-refractivity contribution in [1.29, 1.82) is 0 Å². The second kappa shape index (κ2) is 5.77. The molecule has 0 radical (unpaired) electrons. The van der Waals surface area contributed by atoms with Crippen LogP contribution in [-0.4, -0.2) is 28.7 Å². The molecule has 108 valence electrons. The van der Waals surface area contributed by atoms with Gasteiger partial charge in [-0.15, -0.1) is 10.2 Å². The summed E-state index contributed by atoms with van der Waals surface area (Å²) < 4.78 is 0. The van der Waals surface area contributed by atoms with E-state index >= 15 is 0 Å². The second-order valence-electron chi connectivity index (χ2n) is 5.79. The molecule has 0 spiro atoms. The van der Waals surface area contributed by atoms with Crippen molar-refractivity contribution in [2.75, 3.05) is 16.8 Å². The summed E-state index contributed by atoms with van der Waals surface area (Å²) >= 11 is 0. The van der Waals surface area contributed by atoms with Gasteiger partial charge in [-0.3, -0.25) is 4.79 Å². The van der Waals surface area contributed by atoms with Gasteiger partial charge in [0.25, 0.3) is 0 Å². The fourth-order valence-corrected chi connectivity index (χ4v) is 2.85. The maximum atomic E-state index is 11.7.